The Morgan fingerprint density at radius 2 is 1.90 bits per heavy atom. The van der Waals surface area contributed by atoms with E-state index >= 15 is 0 Å². The van der Waals surface area contributed by atoms with Crippen LogP contribution in [0.15, 0.2) is 29.2 Å². The molecule has 0 unspecified atom stereocenters. The van der Waals surface area contributed by atoms with Crippen molar-refractivity contribution in [2.45, 2.75) is 61.4 Å². The fourth-order valence-corrected chi connectivity index (χ4v) is 5.89. The summed E-state index contributed by atoms with van der Waals surface area (Å²) < 4.78 is 52.8. The number of aliphatic hydroxyl groups excluding tert-OH is 1. The van der Waals surface area contributed by atoms with E-state index in [0.717, 1.165) is 25.0 Å². The largest absolute Gasteiger partial charge is 0.389 e. The minimum atomic E-state index is -3.98. The van der Waals surface area contributed by atoms with Crippen LogP contribution in [0, 0.1) is 11.7 Å². The third-order valence-electron chi connectivity index (χ3n) is 6.05. The fourth-order valence-electron chi connectivity index (χ4n) is 4.17. The van der Waals surface area contributed by atoms with Crippen LogP contribution in [0.1, 0.15) is 32.1 Å². The molecule has 1 aromatic carbocycles. The zero-order valence-corrected chi connectivity index (χ0v) is 18.1. The number of nitrogens with one attached hydrogen (secondary N) is 1. The number of ether oxygens (including phenoxy) is 2. The van der Waals surface area contributed by atoms with Gasteiger partial charge >= 0.3 is 0 Å². The summed E-state index contributed by atoms with van der Waals surface area (Å²) in [4.78, 5) is 12.2. The van der Waals surface area contributed by atoms with Crippen LogP contribution in [0.2, 0.25) is 0 Å². The Morgan fingerprint density at radius 3 is 2.61 bits per heavy atom. The molecule has 0 spiro atoms. The summed E-state index contributed by atoms with van der Waals surface area (Å²) >= 11 is 0. The number of rotatable bonds is 6. The number of sulfonamides is 1. The molecule has 1 amide bonds. The van der Waals surface area contributed by atoms with Crippen molar-refractivity contribution in [1.29, 1.82) is 0 Å². The number of hydrogen-bond acceptors (Lipinski definition) is 6. The van der Waals surface area contributed by atoms with E-state index in [1.165, 1.54) is 16.4 Å². The highest BCUT2D eigenvalue weighted by Gasteiger charge is 2.43. The van der Waals surface area contributed by atoms with Crippen molar-refractivity contribution >= 4 is 15.9 Å². The molecule has 2 N–H and O–H groups in total. The third kappa shape index (κ3) is 5.61. The molecule has 3 fully saturated rings. The van der Waals surface area contributed by atoms with Gasteiger partial charge in [-0.2, -0.15) is 4.31 Å². The number of halogens is 1. The Balaban J connectivity index is 1.47. The van der Waals surface area contributed by atoms with Crippen LogP contribution >= 0.6 is 0 Å². The molecule has 31 heavy (non-hydrogen) atoms. The highest BCUT2D eigenvalue weighted by atomic mass is 32.2. The van der Waals surface area contributed by atoms with Gasteiger partial charge in [-0.25, -0.2) is 12.8 Å². The second kappa shape index (κ2) is 9.50. The van der Waals surface area contributed by atoms with E-state index in [1.807, 2.05) is 0 Å². The summed E-state index contributed by atoms with van der Waals surface area (Å²) in [6.45, 7) is 0.658. The lowest BCUT2D eigenvalue weighted by Crippen LogP contribution is -2.57. The quantitative estimate of drug-likeness (QED) is 0.663. The van der Waals surface area contributed by atoms with Crippen molar-refractivity contribution in [1.82, 2.24) is 9.62 Å². The van der Waals surface area contributed by atoms with Gasteiger partial charge in [0.2, 0.25) is 15.9 Å². The lowest BCUT2D eigenvalue weighted by molar-refractivity contribution is -0.146. The van der Waals surface area contributed by atoms with Gasteiger partial charge in [0.15, 0.2) is 0 Å². The van der Waals surface area contributed by atoms with Crippen molar-refractivity contribution in [3.8, 4) is 0 Å². The number of amides is 1. The molecule has 8 nitrogen and oxygen atoms in total. The number of β-amino-alcohol motifs (C(OH)–C–C–N with tert-alkyl or cyclic N) is 1. The van der Waals surface area contributed by atoms with Crippen molar-refractivity contribution in [3.63, 3.8) is 0 Å². The van der Waals surface area contributed by atoms with E-state index in [4.69, 9.17) is 9.47 Å². The molecule has 1 saturated carbocycles. The maximum absolute atomic E-state index is 13.3. The van der Waals surface area contributed by atoms with Crippen LogP contribution in [0.25, 0.3) is 0 Å². The summed E-state index contributed by atoms with van der Waals surface area (Å²) in [5, 5.41) is 13.2. The fraction of sp³-hybridized carbons (Fsp3) is 0.667. The Morgan fingerprint density at radius 1 is 1.16 bits per heavy atom. The summed E-state index contributed by atoms with van der Waals surface area (Å²) in [6, 6.07) is 4.09. The monoisotopic (exact) mass is 456 g/mol. The first-order chi connectivity index (χ1) is 14.8. The lowest BCUT2D eigenvalue weighted by atomic mass is 9.96. The van der Waals surface area contributed by atoms with Gasteiger partial charge in [0.05, 0.1) is 48.9 Å². The summed E-state index contributed by atoms with van der Waals surface area (Å²) in [7, 11) is -3.98. The number of carbonyl (C=O) groups excluding carboxylic acids is 1. The van der Waals surface area contributed by atoms with Crippen LogP contribution in [0.3, 0.4) is 0 Å². The minimum Gasteiger partial charge on any atom is -0.389 e. The average Bonchev–Trinajstić information content (AvgIpc) is 3.54. The minimum absolute atomic E-state index is 0.0193. The molecule has 1 aliphatic carbocycles. The molecule has 0 bridgehead atoms. The number of aliphatic hydroxyl groups is 1. The molecule has 10 heteroatoms. The Bertz CT molecular complexity index is 876. The molecule has 4 atom stereocenters. The van der Waals surface area contributed by atoms with E-state index in [0.29, 0.717) is 25.3 Å². The molecule has 4 rings (SSSR count). The van der Waals surface area contributed by atoms with Crippen LogP contribution in [0.4, 0.5) is 4.39 Å². The van der Waals surface area contributed by atoms with Gasteiger partial charge in [-0.3, -0.25) is 4.79 Å². The normalized spacial score (nSPS) is 30.1. The first-order valence-electron chi connectivity index (χ1n) is 10.8. The van der Waals surface area contributed by atoms with Crippen molar-refractivity contribution < 1.29 is 32.2 Å². The first kappa shape index (κ1) is 22.6. The molecular weight excluding hydrogens is 427 g/mol. The van der Waals surface area contributed by atoms with Crippen molar-refractivity contribution in [2.24, 2.45) is 5.92 Å². The molecular formula is C21H29FN2O6S. The van der Waals surface area contributed by atoms with Gasteiger partial charge in [0, 0.05) is 13.1 Å². The van der Waals surface area contributed by atoms with Gasteiger partial charge < -0.3 is 19.9 Å². The molecule has 1 aromatic rings. The third-order valence-corrected chi connectivity index (χ3v) is 7.96. The average molecular weight is 457 g/mol. The zero-order chi connectivity index (χ0) is 22.0. The van der Waals surface area contributed by atoms with E-state index in [9.17, 15) is 22.7 Å². The van der Waals surface area contributed by atoms with Gasteiger partial charge in [-0.1, -0.05) is 0 Å². The molecule has 172 valence electrons. The number of fused-ring (bicyclic) bond motifs is 1. The van der Waals surface area contributed by atoms with E-state index in [1.54, 1.807) is 0 Å². The standard InChI is InChI=1S/C21H29FN2O6S/c22-15-3-6-18(7-4-15)31(27,28)24-11-16(25)12-29-13-20-19(24)8-5-17(30-20)9-21(26)23-10-14-1-2-14/h3-4,6-7,14,16-17,19-20,25H,1-2,5,8-13H2,(H,23,26)/t16-,17+,19-,20+/m1/s1. The smallest absolute Gasteiger partial charge is 0.243 e. The van der Waals surface area contributed by atoms with E-state index < -0.39 is 34.1 Å². The summed E-state index contributed by atoms with van der Waals surface area (Å²) in [5.41, 5.74) is 0. The zero-order valence-electron chi connectivity index (χ0n) is 17.3. The Kier molecular flexibility index (Phi) is 6.92. The maximum atomic E-state index is 13.3. The number of nitrogens with zero attached hydrogens (tertiary/aromatic N) is 1. The summed E-state index contributed by atoms with van der Waals surface area (Å²) in [6.07, 6.45) is 1.68. The van der Waals surface area contributed by atoms with Gasteiger partial charge in [0.1, 0.15) is 5.82 Å². The number of carbonyl (C=O) groups is 1. The molecule has 2 heterocycles. The maximum Gasteiger partial charge on any atom is 0.243 e. The van der Waals surface area contributed by atoms with Crippen LogP contribution < -0.4 is 5.32 Å². The Hall–Kier alpha value is -1.59. The van der Waals surface area contributed by atoms with Gasteiger partial charge in [0.25, 0.3) is 0 Å². The SMILES string of the molecule is O=C(C[C@@H]1CC[C@@H]2[C@H](COC[C@H](O)CN2S(=O)(=O)c2ccc(F)cc2)O1)NCC1CC1. The highest BCUT2D eigenvalue weighted by Crippen LogP contribution is 2.32. The number of benzene rings is 1. The first-order valence-corrected chi connectivity index (χ1v) is 12.2. The van der Waals surface area contributed by atoms with Gasteiger partial charge in [-0.15, -0.1) is 0 Å². The van der Waals surface area contributed by atoms with Crippen LogP contribution in [-0.2, 0) is 24.3 Å². The van der Waals surface area contributed by atoms with Crippen molar-refractivity contribution in [3.05, 3.63) is 30.1 Å². The van der Waals surface area contributed by atoms with Gasteiger partial charge in [-0.05, 0) is 55.9 Å². The Labute approximate surface area is 181 Å². The lowest BCUT2D eigenvalue weighted by Gasteiger charge is -2.43. The predicted molar refractivity (Wildman–Crippen MR) is 109 cm³/mol. The van der Waals surface area contributed by atoms with E-state index in [2.05, 4.69) is 5.32 Å². The molecule has 2 aliphatic heterocycles. The second-order valence-corrected chi connectivity index (χ2v) is 10.5. The molecule has 3 aliphatic rings. The van der Waals surface area contributed by atoms with E-state index in [-0.39, 0.29) is 43.1 Å². The second-order valence-electron chi connectivity index (χ2n) is 8.61. The molecule has 0 aromatic heterocycles. The van der Waals surface area contributed by atoms with Crippen LogP contribution in [-0.4, -0.2) is 74.4 Å². The number of hydrogen-bond donors (Lipinski definition) is 2. The van der Waals surface area contributed by atoms with Crippen molar-refractivity contribution in [2.75, 3.05) is 26.3 Å². The topological polar surface area (TPSA) is 105 Å². The molecule has 2 saturated heterocycles. The molecule has 0 radical (unpaired) electrons. The highest BCUT2D eigenvalue weighted by molar-refractivity contribution is 7.89. The van der Waals surface area contributed by atoms with Crippen LogP contribution in [0.5, 0.6) is 0 Å². The predicted octanol–water partition coefficient (Wildman–Crippen LogP) is 1.04. The summed E-state index contributed by atoms with van der Waals surface area (Å²) in [5.74, 6) is 0.00585.